The molecule has 0 spiro atoms. The van der Waals surface area contributed by atoms with E-state index in [0.29, 0.717) is 54.4 Å². The number of benzene rings is 2. The van der Waals surface area contributed by atoms with Crippen molar-refractivity contribution in [2.75, 3.05) is 30.3 Å². The van der Waals surface area contributed by atoms with Gasteiger partial charge in [0.15, 0.2) is 0 Å². The quantitative estimate of drug-likeness (QED) is 0.372. The molecule has 0 bridgehead atoms. The van der Waals surface area contributed by atoms with Gasteiger partial charge in [0.1, 0.15) is 17.4 Å². The van der Waals surface area contributed by atoms with Gasteiger partial charge in [-0.15, -0.1) is 0 Å². The van der Waals surface area contributed by atoms with Crippen molar-refractivity contribution in [3.05, 3.63) is 66.0 Å². The summed E-state index contributed by atoms with van der Waals surface area (Å²) in [4.78, 5) is 20.0. The van der Waals surface area contributed by atoms with Gasteiger partial charge in [-0.2, -0.15) is 0 Å². The van der Waals surface area contributed by atoms with Crippen molar-refractivity contribution in [3.63, 3.8) is 0 Å². The summed E-state index contributed by atoms with van der Waals surface area (Å²) in [6.45, 7) is 10.1. The minimum Gasteiger partial charge on any atom is -0.493 e. The lowest BCUT2D eigenvalue weighted by Gasteiger charge is -2.37. The van der Waals surface area contributed by atoms with Crippen LogP contribution in [-0.2, 0) is 10.0 Å². The largest absolute Gasteiger partial charge is 0.493 e. The minimum absolute atomic E-state index is 0.112. The third kappa shape index (κ3) is 6.86. The molecule has 1 aliphatic heterocycles. The first kappa shape index (κ1) is 28.4. The third-order valence-corrected chi connectivity index (χ3v) is 8.23. The van der Waals surface area contributed by atoms with E-state index in [1.54, 1.807) is 18.2 Å². The number of halogens is 1. The van der Waals surface area contributed by atoms with Crippen LogP contribution in [-0.4, -0.2) is 39.0 Å². The predicted octanol–water partition coefficient (Wildman–Crippen LogP) is 5.11. The van der Waals surface area contributed by atoms with E-state index in [9.17, 15) is 17.6 Å². The number of pyridine rings is 1. The second-order valence-corrected chi connectivity index (χ2v) is 12.3. The molecule has 39 heavy (non-hydrogen) atoms. The monoisotopic (exact) mass is 554 g/mol. The van der Waals surface area contributed by atoms with E-state index < -0.39 is 21.7 Å². The second-order valence-electron chi connectivity index (χ2n) is 10.6. The average molecular weight is 555 g/mol. The summed E-state index contributed by atoms with van der Waals surface area (Å²) in [7, 11) is -4.18. The summed E-state index contributed by atoms with van der Waals surface area (Å²) in [5.74, 6) is 0.558. The summed E-state index contributed by atoms with van der Waals surface area (Å²) in [6.07, 6.45) is 0.892. The van der Waals surface area contributed by atoms with Crippen molar-refractivity contribution in [1.29, 1.82) is 0 Å². The minimum atomic E-state index is -4.18. The molecule has 3 aromatic rings. The van der Waals surface area contributed by atoms with Gasteiger partial charge in [-0.3, -0.25) is 4.79 Å². The number of carbonyl (C=O) groups is 1. The summed E-state index contributed by atoms with van der Waals surface area (Å²) >= 11 is 0. The second kappa shape index (κ2) is 11.6. The number of nitrogens with two attached hydrogens (primary N) is 1. The smallest absolute Gasteiger partial charge is 0.268 e. The van der Waals surface area contributed by atoms with Gasteiger partial charge in [0.25, 0.3) is 15.9 Å². The Balaban J connectivity index is 1.72. The number of ether oxygens (including phenoxy) is 1. The molecule has 1 aromatic heterocycles. The van der Waals surface area contributed by atoms with Crippen LogP contribution < -0.4 is 20.1 Å². The van der Waals surface area contributed by atoms with Crippen LogP contribution >= 0.6 is 0 Å². The third-order valence-electron chi connectivity index (χ3n) is 6.90. The summed E-state index contributed by atoms with van der Waals surface area (Å²) < 4.78 is 48.3. The van der Waals surface area contributed by atoms with Crippen LogP contribution in [0.2, 0.25) is 0 Å². The molecule has 2 unspecified atom stereocenters. The Hall–Kier alpha value is -3.66. The molecule has 2 atom stereocenters. The Morgan fingerprint density at radius 2 is 1.92 bits per heavy atom. The van der Waals surface area contributed by atoms with Gasteiger partial charge in [0.2, 0.25) is 0 Å². The van der Waals surface area contributed by atoms with Crippen LogP contribution in [0.4, 0.5) is 15.9 Å². The summed E-state index contributed by atoms with van der Waals surface area (Å²) in [5, 5.41) is 0. The highest BCUT2D eigenvalue weighted by atomic mass is 32.2. The van der Waals surface area contributed by atoms with Crippen LogP contribution in [0.1, 0.15) is 44.5 Å². The number of anilines is 2. The van der Waals surface area contributed by atoms with Crippen LogP contribution in [0, 0.1) is 23.6 Å². The van der Waals surface area contributed by atoms with Gasteiger partial charge in [-0.1, -0.05) is 33.8 Å². The first-order valence-electron chi connectivity index (χ1n) is 13.1. The molecule has 4 rings (SSSR count). The molecule has 208 valence electrons. The molecule has 1 saturated heterocycles. The van der Waals surface area contributed by atoms with Crippen molar-refractivity contribution >= 4 is 27.4 Å². The normalized spacial score (nSPS) is 17.7. The Labute approximate surface area is 229 Å². The van der Waals surface area contributed by atoms with Crippen LogP contribution in [0.25, 0.3) is 11.3 Å². The molecule has 2 aromatic carbocycles. The van der Waals surface area contributed by atoms with Crippen molar-refractivity contribution in [3.8, 4) is 17.0 Å². The van der Waals surface area contributed by atoms with Crippen molar-refractivity contribution < 1.29 is 22.3 Å². The number of hydrogen-bond acceptors (Lipinski definition) is 7. The van der Waals surface area contributed by atoms with E-state index in [1.165, 1.54) is 36.4 Å². The van der Waals surface area contributed by atoms with Crippen LogP contribution in [0.3, 0.4) is 0 Å². The SMILES string of the molecule is CC(C)COc1cc(F)cc(-c2ccc(C(=O)NS(=O)(=O)c3cccc(N)c3)c(N3CCC(C)C(C)C3)n2)c1. The fourth-order valence-corrected chi connectivity index (χ4v) is 5.48. The lowest BCUT2D eigenvalue weighted by molar-refractivity contribution is 0.0981. The van der Waals surface area contributed by atoms with Crippen molar-refractivity contribution in [2.45, 2.75) is 39.0 Å². The number of piperidine rings is 1. The van der Waals surface area contributed by atoms with Gasteiger partial charge in [-0.05, 0) is 66.6 Å². The number of nitrogens with one attached hydrogen (secondary N) is 1. The Morgan fingerprint density at radius 3 is 2.62 bits per heavy atom. The number of carbonyl (C=O) groups excluding carboxylic acids is 1. The molecule has 3 N–H and O–H groups in total. The molecule has 8 nitrogen and oxygen atoms in total. The van der Waals surface area contributed by atoms with E-state index in [0.717, 1.165) is 6.42 Å². The van der Waals surface area contributed by atoms with Crippen LogP contribution in [0.15, 0.2) is 59.5 Å². The Morgan fingerprint density at radius 1 is 1.15 bits per heavy atom. The fourth-order valence-electron chi connectivity index (χ4n) is 4.46. The molecule has 10 heteroatoms. The van der Waals surface area contributed by atoms with Gasteiger partial charge < -0.3 is 15.4 Å². The zero-order chi connectivity index (χ0) is 28.3. The van der Waals surface area contributed by atoms with E-state index in [4.69, 9.17) is 15.5 Å². The van der Waals surface area contributed by atoms with Gasteiger partial charge >= 0.3 is 0 Å². The molecule has 1 aliphatic rings. The lowest BCUT2D eigenvalue weighted by atomic mass is 9.88. The molecule has 0 radical (unpaired) electrons. The topological polar surface area (TPSA) is 115 Å². The molecule has 1 amide bonds. The fraction of sp³-hybridized carbons (Fsp3) is 0.379. The maximum absolute atomic E-state index is 14.5. The molecule has 2 heterocycles. The first-order valence-corrected chi connectivity index (χ1v) is 14.5. The predicted molar refractivity (Wildman–Crippen MR) is 151 cm³/mol. The summed E-state index contributed by atoms with van der Waals surface area (Å²) in [6, 6.07) is 13.2. The zero-order valence-electron chi connectivity index (χ0n) is 22.6. The number of nitrogen functional groups attached to an aromatic ring is 1. The summed E-state index contributed by atoms with van der Waals surface area (Å²) in [5.41, 5.74) is 7.05. The van der Waals surface area contributed by atoms with E-state index in [2.05, 4.69) is 18.6 Å². The van der Waals surface area contributed by atoms with E-state index in [1.807, 2.05) is 18.7 Å². The zero-order valence-corrected chi connectivity index (χ0v) is 23.5. The number of sulfonamides is 1. The Kier molecular flexibility index (Phi) is 8.44. The Bertz CT molecular complexity index is 1460. The number of amides is 1. The number of aromatic nitrogens is 1. The highest BCUT2D eigenvalue weighted by Crippen LogP contribution is 2.32. The van der Waals surface area contributed by atoms with Gasteiger partial charge in [0, 0.05) is 30.4 Å². The maximum Gasteiger partial charge on any atom is 0.268 e. The lowest BCUT2D eigenvalue weighted by Crippen LogP contribution is -2.40. The van der Waals surface area contributed by atoms with E-state index >= 15 is 0 Å². The van der Waals surface area contributed by atoms with Gasteiger partial charge in [-0.25, -0.2) is 22.5 Å². The number of rotatable bonds is 8. The highest BCUT2D eigenvalue weighted by Gasteiger charge is 2.29. The maximum atomic E-state index is 14.5. The first-order chi connectivity index (χ1) is 18.4. The van der Waals surface area contributed by atoms with E-state index in [-0.39, 0.29) is 22.1 Å². The number of nitrogens with zero attached hydrogens (tertiary/aromatic N) is 2. The van der Waals surface area contributed by atoms with Crippen LogP contribution in [0.5, 0.6) is 5.75 Å². The molecule has 0 saturated carbocycles. The average Bonchev–Trinajstić information content (AvgIpc) is 2.88. The van der Waals surface area contributed by atoms with Gasteiger partial charge in [0.05, 0.1) is 22.8 Å². The van der Waals surface area contributed by atoms with Crippen molar-refractivity contribution in [2.24, 2.45) is 17.8 Å². The molecular weight excluding hydrogens is 519 g/mol. The molecular formula is C29H35FN4O4S. The molecule has 0 aliphatic carbocycles. The van der Waals surface area contributed by atoms with Crippen molar-refractivity contribution in [1.82, 2.24) is 9.71 Å². The standard InChI is InChI=1S/C29H35FN4O4S/c1-18(2)17-38-24-13-21(12-22(30)14-24)27-9-8-26(28(32-27)34-11-10-19(3)20(4)16-34)29(35)33-39(36,37)25-7-5-6-23(31)15-25/h5-9,12-15,18-20H,10-11,16-17,31H2,1-4H3,(H,33,35). The number of hydrogen-bond donors (Lipinski definition) is 2. The molecule has 1 fully saturated rings. The highest BCUT2D eigenvalue weighted by molar-refractivity contribution is 7.90.